The summed E-state index contributed by atoms with van der Waals surface area (Å²) in [7, 11) is 0.410. The number of allylic oxidation sites excluding steroid dienone is 1. The van der Waals surface area contributed by atoms with E-state index in [0.29, 0.717) is 6.61 Å². The molecule has 0 radical (unpaired) electrons. The SMILES string of the molecule is C#CC(C(=C)C=NC)c1cc(OS(C)(C)C(C)(C)C)ccc1N(CC)C1CCCCO1.C#CCCCOCCCOCc1ccccc1.CC. The van der Waals surface area contributed by atoms with Crippen LogP contribution in [-0.2, 0) is 20.8 Å². The van der Waals surface area contributed by atoms with Crippen LogP contribution in [0.1, 0.15) is 97.1 Å². The van der Waals surface area contributed by atoms with E-state index in [-0.39, 0.29) is 16.9 Å². The minimum Gasteiger partial charge on any atom is -0.449 e. The van der Waals surface area contributed by atoms with Crippen molar-refractivity contribution in [1.82, 2.24) is 0 Å². The number of unbranched alkanes of at least 4 members (excludes halogenated alkanes) is 1. The van der Waals surface area contributed by atoms with Crippen LogP contribution in [0.15, 0.2) is 65.7 Å². The van der Waals surface area contributed by atoms with Crippen molar-refractivity contribution in [1.29, 1.82) is 0 Å². The van der Waals surface area contributed by atoms with Crippen molar-refractivity contribution in [2.45, 2.75) is 104 Å². The molecule has 278 valence electrons. The molecule has 2 unspecified atom stereocenters. The first-order valence-electron chi connectivity index (χ1n) is 18.1. The lowest BCUT2D eigenvalue weighted by Gasteiger charge is -2.44. The van der Waals surface area contributed by atoms with Crippen LogP contribution in [-0.4, -0.2) is 69.7 Å². The number of aliphatic imine (C=N–C) groups is 1. The molecule has 0 amide bonds. The van der Waals surface area contributed by atoms with E-state index >= 15 is 0 Å². The molecule has 1 aliphatic heterocycles. The van der Waals surface area contributed by atoms with Gasteiger partial charge in [0, 0.05) is 63.1 Å². The largest absolute Gasteiger partial charge is 0.449 e. The fourth-order valence-electron chi connectivity index (χ4n) is 4.98. The first-order valence-corrected chi connectivity index (χ1v) is 20.5. The van der Waals surface area contributed by atoms with E-state index in [9.17, 15) is 0 Å². The Balaban J connectivity index is 0.000000555. The van der Waals surface area contributed by atoms with E-state index in [4.69, 9.17) is 31.2 Å². The van der Waals surface area contributed by atoms with Crippen LogP contribution in [0.5, 0.6) is 5.75 Å². The first-order chi connectivity index (χ1) is 24.0. The fourth-order valence-corrected chi connectivity index (χ4v) is 5.82. The molecule has 1 aliphatic rings. The van der Waals surface area contributed by atoms with Crippen LogP contribution >= 0.6 is 10.3 Å². The summed E-state index contributed by atoms with van der Waals surface area (Å²) >= 11 is 0. The topological polar surface area (TPSA) is 52.5 Å². The Bertz CT molecular complexity index is 1330. The number of rotatable bonds is 17. The normalized spacial score (nSPS) is 15.3. The van der Waals surface area contributed by atoms with Gasteiger partial charge in [-0.3, -0.25) is 4.99 Å². The van der Waals surface area contributed by atoms with Crippen LogP contribution in [0.25, 0.3) is 0 Å². The molecule has 2 aromatic rings. The third kappa shape index (κ3) is 15.8. The van der Waals surface area contributed by atoms with E-state index < -0.39 is 10.3 Å². The minimum absolute atomic E-state index is 0.0568. The minimum atomic E-state index is -1.33. The third-order valence-corrected chi connectivity index (χ3v) is 11.9. The maximum atomic E-state index is 6.56. The molecule has 1 saturated heterocycles. The molecule has 0 N–H and O–H groups in total. The smallest absolute Gasteiger partial charge is 0.135 e. The highest BCUT2D eigenvalue weighted by molar-refractivity contribution is 8.30. The van der Waals surface area contributed by atoms with E-state index in [1.165, 1.54) is 12.0 Å². The Kier molecular flexibility index (Phi) is 22.3. The second-order valence-corrected chi connectivity index (χ2v) is 17.0. The lowest BCUT2D eigenvalue weighted by atomic mass is 9.91. The Hall–Kier alpha value is -3.20. The van der Waals surface area contributed by atoms with Crippen molar-refractivity contribution >= 4 is 22.2 Å². The molecule has 1 fully saturated rings. The first kappa shape index (κ1) is 44.8. The van der Waals surface area contributed by atoms with Crippen molar-refractivity contribution in [2.24, 2.45) is 4.99 Å². The number of benzene rings is 2. The lowest BCUT2D eigenvalue weighted by Crippen LogP contribution is -2.40. The Morgan fingerprint density at radius 2 is 1.74 bits per heavy atom. The van der Waals surface area contributed by atoms with Gasteiger partial charge in [-0.2, -0.15) is 0 Å². The van der Waals surface area contributed by atoms with Gasteiger partial charge >= 0.3 is 0 Å². The van der Waals surface area contributed by atoms with E-state index in [1.54, 1.807) is 13.3 Å². The summed E-state index contributed by atoms with van der Waals surface area (Å²) in [5.74, 6) is 6.09. The van der Waals surface area contributed by atoms with E-state index in [0.717, 1.165) is 87.6 Å². The molecule has 0 saturated carbocycles. The van der Waals surface area contributed by atoms with Gasteiger partial charge in [0.05, 0.1) is 12.5 Å². The van der Waals surface area contributed by atoms with Crippen LogP contribution in [0, 0.1) is 24.7 Å². The van der Waals surface area contributed by atoms with Gasteiger partial charge in [-0.05, 0) is 107 Å². The Morgan fingerprint density at radius 3 is 2.32 bits per heavy atom. The van der Waals surface area contributed by atoms with Gasteiger partial charge in [0.1, 0.15) is 12.0 Å². The molecule has 1 heterocycles. The van der Waals surface area contributed by atoms with Crippen LogP contribution in [0.3, 0.4) is 0 Å². The van der Waals surface area contributed by atoms with Gasteiger partial charge in [0.15, 0.2) is 0 Å². The molecule has 50 heavy (non-hydrogen) atoms. The van der Waals surface area contributed by atoms with Crippen LogP contribution in [0.2, 0.25) is 0 Å². The number of anilines is 1. The fraction of sp³-hybridized carbons (Fsp3) is 0.558. The molecule has 0 spiro atoms. The molecule has 7 heteroatoms. The zero-order valence-electron chi connectivity index (χ0n) is 32.6. The quantitative estimate of drug-likeness (QED) is 0.0931. The van der Waals surface area contributed by atoms with Crippen molar-refractivity contribution in [2.75, 3.05) is 57.4 Å². The summed E-state index contributed by atoms with van der Waals surface area (Å²) in [6.07, 6.45) is 23.4. The van der Waals surface area contributed by atoms with Crippen molar-refractivity contribution in [3.8, 4) is 30.4 Å². The molecule has 2 atom stereocenters. The standard InChI is InChI=1S/C26H40N2O2S.C15H20O2.C2H6/c1-10-22(20(3)19-27-7)23-18-21(30-31(8,9)26(4,5)6)15-16-24(23)28(11-2)25-14-12-13-17-29-25;1-2-3-7-11-16-12-8-13-17-14-15-9-5-4-6-10-15;1-2/h1,15-16,18-19,22,25H,3,11-14,17H2,2,4-9H3;1,4-6,9-10H,3,7-8,11-14H2;1-2H3. The van der Waals surface area contributed by atoms with Crippen LogP contribution < -0.4 is 9.08 Å². The number of hydrogen-bond acceptors (Lipinski definition) is 6. The second-order valence-electron chi connectivity index (χ2n) is 13.1. The Labute approximate surface area is 307 Å². The van der Waals surface area contributed by atoms with Crippen molar-refractivity contribution < 1.29 is 18.4 Å². The molecular formula is C43H66N2O4S. The third-order valence-electron chi connectivity index (χ3n) is 8.37. The summed E-state index contributed by atoms with van der Waals surface area (Å²) < 4.78 is 23.7. The molecule has 3 rings (SSSR count). The number of nitrogens with zero attached hydrogens (tertiary/aromatic N) is 2. The average Bonchev–Trinajstić information content (AvgIpc) is 3.10. The predicted molar refractivity (Wildman–Crippen MR) is 219 cm³/mol. The monoisotopic (exact) mass is 706 g/mol. The van der Waals surface area contributed by atoms with Gasteiger partial charge in [0.2, 0.25) is 0 Å². The average molecular weight is 707 g/mol. The zero-order valence-corrected chi connectivity index (χ0v) is 33.5. The maximum Gasteiger partial charge on any atom is 0.135 e. The van der Waals surface area contributed by atoms with Crippen molar-refractivity contribution in [3.05, 3.63) is 71.8 Å². The second kappa shape index (κ2) is 24.9. The zero-order chi connectivity index (χ0) is 37.4. The summed E-state index contributed by atoms with van der Waals surface area (Å²) in [5.41, 5.74) is 4.11. The highest BCUT2D eigenvalue weighted by atomic mass is 32.3. The van der Waals surface area contributed by atoms with E-state index in [1.807, 2.05) is 32.0 Å². The molecular weight excluding hydrogens is 641 g/mol. The van der Waals surface area contributed by atoms with Gasteiger partial charge in [-0.15, -0.1) is 18.8 Å². The number of hydrogen-bond donors (Lipinski definition) is 0. The molecule has 6 nitrogen and oxygen atoms in total. The molecule has 0 bridgehead atoms. The van der Waals surface area contributed by atoms with Crippen molar-refractivity contribution in [3.63, 3.8) is 0 Å². The maximum absolute atomic E-state index is 6.56. The highest BCUT2D eigenvalue weighted by Gasteiger charge is 2.31. The summed E-state index contributed by atoms with van der Waals surface area (Å²) in [6, 6.07) is 16.5. The lowest BCUT2D eigenvalue weighted by molar-refractivity contribution is 0.0148. The van der Waals surface area contributed by atoms with E-state index in [2.05, 4.69) is 98.9 Å². The van der Waals surface area contributed by atoms with Gasteiger partial charge in [-0.1, -0.05) is 67.0 Å². The summed E-state index contributed by atoms with van der Waals surface area (Å²) in [4.78, 5) is 6.46. The summed E-state index contributed by atoms with van der Waals surface area (Å²) in [5, 5.41) is 0. The number of terminal acetylenes is 2. The molecule has 0 aromatic heterocycles. The highest BCUT2D eigenvalue weighted by Crippen LogP contribution is 2.54. The predicted octanol–water partition coefficient (Wildman–Crippen LogP) is 10.2. The van der Waals surface area contributed by atoms with Crippen LogP contribution in [0.4, 0.5) is 5.69 Å². The summed E-state index contributed by atoms with van der Waals surface area (Å²) in [6.45, 7) is 21.6. The van der Waals surface area contributed by atoms with Gasteiger partial charge < -0.3 is 23.3 Å². The molecule has 0 aliphatic carbocycles. The van der Waals surface area contributed by atoms with Gasteiger partial charge in [-0.25, -0.2) is 0 Å². The molecule has 2 aromatic carbocycles. The Morgan fingerprint density at radius 1 is 1.06 bits per heavy atom. The number of ether oxygens (including phenoxy) is 3. The van der Waals surface area contributed by atoms with Gasteiger partial charge in [0.25, 0.3) is 0 Å².